The lowest BCUT2D eigenvalue weighted by molar-refractivity contribution is 0.194. The highest BCUT2D eigenvalue weighted by Gasteiger charge is 2.21. The van der Waals surface area contributed by atoms with Crippen LogP contribution < -0.4 is 10.2 Å². The summed E-state index contributed by atoms with van der Waals surface area (Å²) in [5.74, 6) is 0. The fraction of sp³-hybridized carbons (Fsp3) is 0.381. The van der Waals surface area contributed by atoms with Crippen molar-refractivity contribution < 1.29 is 4.79 Å². The summed E-state index contributed by atoms with van der Waals surface area (Å²) in [6, 6.07) is 14.8. The molecule has 0 bridgehead atoms. The third-order valence-electron chi connectivity index (χ3n) is 5.11. The highest BCUT2D eigenvalue weighted by atomic mass is 16.2. The van der Waals surface area contributed by atoms with Crippen molar-refractivity contribution in [1.29, 1.82) is 0 Å². The molecule has 1 fully saturated rings. The van der Waals surface area contributed by atoms with E-state index in [-0.39, 0.29) is 6.03 Å². The van der Waals surface area contributed by atoms with Crippen LogP contribution in [0.4, 0.5) is 10.5 Å². The molecule has 1 aliphatic rings. The second-order valence-corrected chi connectivity index (χ2v) is 6.83. The van der Waals surface area contributed by atoms with E-state index >= 15 is 0 Å². The first kappa shape index (κ1) is 17.3. The maximum atomic E-state index is 12.4. The molecule has 25 heavy (non-hydrogen) atoms. The largest absolute Gasteiger partial charge is 0.368 e. The Balaban J connectivity index is 1.52. The normalized spacial score (nSPS) is 14.5. The van der Waals surface area contributed by atoms with Gasteiger partial charge in [-0.15, -0.1) is 0 Å². The Labute approximate surface area is 150 Å². The third-order valence-corrected chi connectivity index (χ3v) is 5.11. The van der Waals surface area contributed by atoms with E-state index in [4.69, 9.17) is 0 Å². The molecule has 4 nitrogen and oxygen atoms in total. The number of hydrogen-bond donors (Lipinski definition) is 1. The smallest absolute Gasteiger partial charge is 0.317 e. The van der Waals surface area contributed by atoms with Crippen LogP contribution in [0.3, 0.4) is 0 Å². The molecule has 2 aromatic carbocycles. The molecule has 1 heterocycles. The lowest BCUT2D eigenvalue weighted by atomic mass is 10.1. The Morgan fingerprint density at radius 1 is 0.920 bits per heavy atom. The van der Waals surface area contributed by atoms with Crippen LogP contribution in [0.2, 0.25) is 0 Å². The Morgan fingerprint density at radius 3 is 2.32 bits per heavy atom. The maximum Gasteiger partial charge on any atom is 0.317 e. The average Bonchev–Trinajstić information content (AvgIpc) is 2.63. The van der Waals surface area contributed by atoms with Crippen molar-refractivity contribution in [3.05, 3.63) is 64.7 Å². The quantitative estimate of drug-likeness (QED) is 0.928. The molecule has 0 atom stereocenters. The van der Waals surface area contributed by atoms with Gasteiger partial charge in [0.1, 0.15) is 0 Å². The van der Waals surface area contributed by atoms with Gasteiger partial charge in [0.2, 0.25) is 0 Å². The number of amides is 2. The molecule has 0 aromatic heterocycles. The fourth-order valence-electron chi connectivity index (χ4n) is 3.18. The van der Waals surface area contributed by atoms with E-state index in [1.54, 1.807) is 0 Å². The van der Waals surface area contributed by atoms with Crippen molar-refractivity contribution in [1.82, 2.24) is 10.2 Å². The van der Waals surface area contributed by atoms with Gasteiger partial charge >= 0.3 is 6.03 Å². The van der Waals surface area contributed by atoms with Gasteiger partial charge in [-0.1, -0.05) is 30.3 Å². The molecule has 1 saturated heterocycles. The maximum absolute atomic E-state index is 12.4. The molecule has 4 heteroatoms. The summed E-state index contributed by atoms with van der Waals surface area (Å²) in [5, 5.41) is 3.05. The van der Waals surface area contributed by atoms with Crippen LogP contribution in [0.25, 0.3) is 0 Å². The number of anilines is 1. The standard InChI is InChI=1S/C21H27N3O/c1-16-8-9-20(14-18(16)3)23-10-12-24(13-11-23)21(25)22-15-19-7-5-4-6-17(19)2/h4-9,14H,10-13,15H2,1-3H3,(H,22,25). The van der Waals surface area contributed by atoms with Gasteiger partial charge in [-0.2, -0.15) is 0 Å². The van der Waals surface area contributed by atoms with E-state index < -0.39 is 0 Å². The van der Waals surface area contributed by atoms with Crippen molar-refractivity contribution in [3.8, 4) is 0 Å². The zero-order chi connectivity index (χ0) is 17.8. The number of nitrogens with zero attached hydrogens (tertiary/aromatic N) is 2. The van der Waals surface area contributed by atoms with Crippen LogP contribution in [-0.2, 0) is 6.54 Å². The molecule has 0 saturated carbocycles. The van der Waals surface area contributed by atoms with E-state index in [0.717, 1.165) is 26.2 Å². The second kappa shape index (κ2) is 7.60. The first-order valence-electron chi connectivity index (χ1n) is 8.94. The Morgan fingerprint density at radius 2 is 1.64 bits per heavy atom. The highest BCUT2D eigenvalue weighted by Crippen LogP contribution is 2.20. The molecule has 3 rings (SSSR count). The van der Waals surface area contributed by atoms with Crippen molar-refractivity contribution in [2.45, 2.75) is 27.3 Å². The minimum absolute atomic E-state index is 0.0305. The molecule has 1 N–H and O–H groups in total. The molecule has 2 aromatic rings. The predicted molar refractivity (Wildman–Crippen MR) is 103 cm³/mol. The first-order chi connectivity index (χ1) is 12.0. The number of piperazine rings is 1. The van der Waals surface area contributed by atoms with Gasteiger partial charge in [-0.3, -0.25) is 0 Å². The third kappa shape index (κ3) is 4.13. The first-order valence-corrected chi connectivity index (χ1v) is 8.94. The van der Waals surface area contributed by atoms with Crippen molar-refractivity contribution in [2.24, 2.45) is 0 Å². The zero-order valence-corrected chi connectivity index (χ0v) is 15.4. The molecule has 1 aliphatic heterocycles. The van der Waals surface area contributed by atoms with Crippen LogP contribution >= 0.6 is 0 Å². The lowest BCUT2D eigenvalue weighted by Crippen LogP contribution is -2.51. The second-order valence-electron chi connectivity index (χ2n) is 6.83. The molecular weight excluding hydrogens is 310 g/mol. The number of benzene rings is 2. The van der Waals surface area contributed by atoms with Gasteiger partial charge in [0.05, 0.1) is 0 Å². The molecular formula is C21H27N3O. The summed E-state index contributed by atoms with van der Waals surface area (Å²) >= 11 is 0. The van der Waals surface area contributed by atoms with Crippen molar-refractivity contribution in [3.63, 3.8) is 0 Å². The number of carbonyl (C=O) groups excluding carboxylic acids is 1. The van der Waals surface area contributed by atoms with Gasteiger partial charge in [0.25, 0.3) is 0 Å². The van der Waals surface area contributed by atoms with Gasteiger partial charge in [0.15, 0.2) is 0 Å². The Hall–Kier alpha value is -2.49. The predicted octanol–water partition coefficient (Wildman–Crippen LogP) is 3.64. The van der Waals surface area contributed by atoms with Crippen molar-refractivity contribution >= 4 is 11.7 Å². The Kier molecular flexibility index (Phi) is 5.27. The van der Waals surface area contributed by atoms with Gasteiger partial charge in [-0.05, 0) is 55.2 Å². The molecule has 0 radical (unpaired) electrons. The summed E-state index contributed by atoms with van der Waals surface area (Å²) in [7, 11) is 0. The number of rotatable bonds is 3. The average molecular weight is 337 g/mol. The molecule has 0 aliphatic carbocycles. The fourth-order valence-corrected chi connectivity index (χ4v) is 3.18. The molecule has 0 spiro atoms. The van der Waals surface area contributed by atoms with Gasteiger partial charge in [0, 0.05) is 38.4 Å². The minimum atomic E-state index is 0.0305. The number of hydrogen-bond acceptors (Lipinski definition) is 2. The lowest BCUT2D eigenvalue weighted by Gasteiger charge is -2.36. The van der Waals surface area contributed by atoms with Gasteiger partial charge in [-0.25, -0.2) is 4.79 Å². The van der Waals surface area contributed by atoms with Crippen LogP contribution in [0.1, 0.15) is 22.3 Å². The van der Waals surface area contributed by atoms with Gasteiger partial charge < -0.3 is 15.1 Å². The Bertz CT molecular complexity index is 749. The highest BCUT2D eigenvalue weighted by molar-refractivity contribution is 5.74. The summed E-state index contributed by atoms with van der Waals surface area (Å²) in [4.78, 5) is 16.7. The van der Waals surface area contributed by atoms with E-state index in [1.807, 2.05) is 17.0 Å². The number of carbonyl (C=O) groups is 1. The SMILES string of the molecule is Cc1ccc(N2CCN(C(=O)NCc3ccccc3C)CC2)cc1C. The number of aryl methyl sites for hydroxylation is 3. The van der Waals surface area contributed by atoms with Crippen LogP contribution in [0.15, 0.2) is 42.5 Å². The van der Waals surface area contributed by atoms with Crippen LogP contribution in [-0.4, -0.2) is 37.1 Å². The van der Waals surface area contributed by atoms with Crippen LogP contribution in [0.5, 0.6) is 0 Å². The van der Waals surface area contributed by atoms with Crippen molar-refractivity contribution in [2.75, 3.05) is 31.1 Å². The van der Waals surface area contributed by atoms with E-state index in [2.05, 4.69) is 61.3 Å². The summed E-state index contributed by atoms with van der Waals surface area (Å²) in [5.41, 5.74) is 6.27. The summed E-state index contributed by atoms with van der Waals surface area (Å²) in [6.07, 6.45) is 0. The topological polar surface area (TPSA) is 35.6 Å². The molecule has 0 unspecified atom stereocenters. The van der Waals surface area contributed by atoms with E-state index in [9.17, 15) is 4.79 Å². The summed E-state index contributed by atoms with van der Waals surface area (Å²) in [6.45, 7) is 10.2. The zero-order valence-electron chi connectivity index (χ0n) is 15.4. The monoisotopic (exact) mass is 337 g/mol. The molecule has 132 valence electrons. The van der Waals surface area contributed by atoms with Crippen LogP contribution in [0, 0.1) is 20.8 Å². The minimum Gasteiger partial charge on any atom is -0.368 e. The number of urea groups is 1. The van der Waals surface area contributed by atoms with E-state index in [0.29, 0.717) is 6.54 Å². The summed E-state index contributed by atoms with van der Waals surface area (Å²) < 4.78 is 0. The molecule has 2 amide bonds. The number of nitrogens with one attached hydrogen (secondary N) is 1. The van der Waals surface area contributed by atoms with E-state index in [1.165, 1.54) is 27.9 Å².